The number of nitrogens with zero attached hydrogens (tertiary/aromatic N) is 1. The first-order chi connectivity index (χ1) is 11.9. The predicted octanol–water partition coefficient (Wildman–Crippen LogP) is 1.99. The van der Waals surface area contributed by atoms with Gasteiger partial charge >= 0.3 is 0 Å². The van der Waals surface area contributed by atoms with Crippen molar-refractivity contribution in [3.05, 3.63) is 33.8 Å². The fourth-order valence-corrected chi connectivity index (χ4v) is 3.99. The Bertz CT molecular complexity index is 705. The van der Waals surface area contributed by atoms with Gasteiger partial charge in [-0.1, -0.05) is 42.6 Å². The lowest BCUT2D eigenvalue weighted by molar-refractivity contribution is -0.147. The van der Waals surface area contributed by atoms with Gasteiger partial charge in [0.05, 0.1) is 15.6 Å². The van der Waals surface area contributed by atoms with Gasteiger partial charge in [-0.05, 0) is 25.0 Å². The number of carbonyl (C=O) groups is 3. The van der Waals surface area contributed by atoms with Crippen LogP contribution in [0.5, 0.6) is 0 Å². The van der Waals surface area contributed by atoms with Gasteiger partial charge in [-0.3, -0.25) is 14.4 Å². The first-order valence-electron chi connectivity index (χ1n) is 8.28. The molecule has 0 aromatic heterocycles. The molecule has 25 heavy (non-hydrogen) atoms. The summed E-state index contributed by atoms with van der Waals surface area (Å²) in [6, 6.07) is 3.52. The Hall–Kier alpha value is -1.79. The zero-order valence-corrected chi connectivity index (χ0v) is 15.2. The van der Waals surface area contributed by atoms with Crippen LogP contribution in [0.2, 0.25) is 10.0 Å². The fourth-order valence-electron chi connectivity index (χ4n) is 3.42. The maximum Gasteiger partial charge on any atom is 0.254 e. The quantitative estimate of drug-likeness (QED) is 0.834. The normalized spacial score (nSPS) is 25.6. The molecule has 2 heterocycles. The number of nitrogens with one attached hydrogen (secondary N) is 2. The summed E-state index contributed by atoms with van der Waals surface area (Å²) in [5.41, 5.74) is 0.204. The van der Waals surface area contributed by atoms with Gasteiger partial charge < -0.3 is 15.5 Å². The molecular weight excluding hydrogens is 365 g/mol. The highest BCUT2D eigenvalue weighted by molar-refractivity contribution is 6.39. The summed E-state index contributed by atoms with van der Waals surface area (Å²) >= 11 is 12.1. The van der Waals surface area contributed by atoms with Gasteiger partial charge in [-0.25, -0.2) is 0 Å². The van der Waals surface area contributed by atoms with Crippen LogP contribution in [0.3, 0.4) is 0 Å². The number of hydrogen-bond acceptors (Lipinski definition) is 3. The summed E-state index contributed by atoms with van der Waals surface area (Å²) in [5.74, 6) is -0.650. The third kappa shape index (κ3) is 3.46. The second kappa shape index (κ2) is 7.22. The lowest BCUT2D eigenvalue weighted by Crippen LogP contribution is -2.61. The largest absolute Gasteiger partial charge is 0.347 e. The average molecular weight is 384 g/mol. The Balaban J connectivity index is 1.71. The van der Waals surface area contributed by atoms with Crippen molar-refractivity contribution >= 4 is 40.9 Å². The van der Waals surface area contributed by atoms with Crippen LogP contribution < -0.4 is 10.6 Å². The topological polar surface area (TPSA) is 78.5 Å². The molecule has 3 amide bonds. The number of hydrogen-bond donors (Lipinski definition) is 2. The third-order valence-electron chi connectivity index (χ3n) is 4.60. The van der Waals surface area contributed by atoms with E-state index in [1.54, 1.807) is 23.1 Å². The SMILES string of the molecule is CCC[C@@H]1NC(=O)[C@@H]2C[C@H](NC(=O)c3c(Cl)cccc3Cl)CN2C1=O. The highest BCUT2D eigenvalue weighted by Crippen LogP contribution is 2.27. The molecule has 0 bridgehead atoms. The molecule has 0 saturated carbocycles. The van der Waals surface area contributed by atoms with E-state index in [-0.39, 0.29) is 33.5 Å². The van der Waals surface area contributed by atoms with E-state index in [0.29, 0.717) is 19.4 Å². The number of amides is 3. The van der Waals surface area contributed by atoms with Crippen molar-refractivity contribution in [1.29, 1.82) is 0 Å². The van der Waals surface area contributed by atoms with Crippen LogP contribution in [-0.2, 0) is 9.59 Å². The van der Waals surface area contributed by atoms with E-state index in [2.05, 4.69) is 10.6 Å². The number of fused-ring (bicyclic) bond motifs is 1. The molecule has 2 saturated heterocycles. The van der Waals surface area contributed by atoms with E-state index >= 15 is 0 Å². The van der Waals surface area contributed by atoms with Crippen LogP contribution in [-0.4, -0.2) is 47.3 Å². The van der Waals surface area contributed by atoms with Crippen LogP contribution in [0.25, 0.3) is 0 Å². The summed E-state index contributed by atoms with van der Waals surface area (Å²) in [7, 11) is 0. The molecule has 2 aliphatic heterocycles. The van der Waals surface area contributed by atoms with E-state index < -0.39 is 18.0 Å². The predicted molar refractivity (Wildman–Crippen MR) is 94.7 cm³/mol. The van der Waals surface area contributed by atoms with E-state index in [9.17, 15) is 14.4 Å². The molecular formula is C17H19Cl2N3O3. The van der Waals surface area contributed by atoms with Gasteiger partial charge in [-0.2, -0.15) is 0 Å². The molecule has 0 radical (unpaired) electrons. The molecule has 0 spiro atoms. The Morgan fingerprint density at radius 2 is 2.00 bits per heavy atom. The summed E-state index contributed by atoms with van der Waals surface area (Å²) in [5, 5.41) is 6.14. The summed E-state index contributed by atoms with van der Waals surface area (Å²) in [4.78, 5) is 38.8. The third-order valence-corrected chi connectivity index (χ3v) is 5.23. The van der Waals surface area contributed by atoms with Crippen LogP contribution in [0, 0.1) is 0 Å². The Kier molecular flexibility index (Phi) is 5.20. The standard InChI is InChI=1S/C17H19Cl2N3O3/c1-2-4-12-17(25)22-8-9(7-13(22)15(23)21-12)20-16(24)14-10(18)5-3-6-11(14)19/h3,5-6,9,12-13H,2,4,7-8H2,1H3,(H,20,24)(H,21,23)/t9-,12-,13-/m0/s1. The van der Waals surface area contributed by atoms with Gasteiger partial charge in [0, 0.05) is 12.6 Å². The number of halogens is 2. The molecule has 3 rings (SSSR count). The Labute approximate surface area is 155 Å². The summed E-state index contributed by atoms with van der Waals surface area (Å²) in [6.07, 6.45) is 1.80. The number of rotatable bonds is 4. The molecule has 1 aromatic carbocycles. The molecule has 6 nitrogen and oxygen atoms in total. The van der Waals surface area contributed by atoms with Crippen molar-refractivity contribution in [1.82, 2.24) is 15.5 Å². The minimum absolute atomic E-state index is 0.0843. The molecule has 134 valence electrons. The summed E-state index contributed by atoms with van der Waals surface area (Å²) in [6.45, 7) is 2.27. The van der Waals surface area contributed by atoms with E-state index in [0.717, 1.165) is 6.42 Å². The number of carbonyl (C=O) groups excluding carboxylic acids is 3. The Morgan fingerprint density at radius 3 is 2.64 bits per heavy atom. The highest BCUT2D eigenvalue weighted by atomic mass is 35.5. The molecule has 0 aliphatic carbocycles. The molecule has 2 N–H and O–H groups in total. The minimum Gasteiger partial charge on any atom is -0.347 e. The monoisotopic (exact) mass is 383 g/mol. The Morgan fingerprint density at radius 1 is 1.32 bits per heavy atom. The van der Waals surface area contributed by atoms with Gasteiger partial charge in [0.25, 0.3) is 5.91 Å². The van der Waals surface area contributed by atoms with Crippen LogP contribution in [0.15, 0.2) is 18.2 Å². The zero-order valence-electron chi connectivity index (χ0n) is 13.7. The van der Waals surface area contributed by atoms with Gasteiger partial charge in [-0.15, -0.1) is 0 Å². The van der Waals surface area contributed by atoms with Crippen LogP contribution in [0.1, 0.15) is 36.5 Å². The molecule has 3 atom stereocenters. The van der Waals surface area contributed by atoms with Crippen molar-refractivity contribution in [3.63, 3.8) is 0 Å². The number of benzene rings is 1. The second-order valence-electron chi connectivity index (χ2n) is 6.36. The minimum atomic E-state index is -0.535. The zero-order chi connectivity index (χ0) is 18.1. The van der Waals surface area contributed by atoms with Crippen molar-refractivity contribution in [3.8, 4) is 0 Å². The second-order valence-corrected chi connectivity index (χ2v) is 7.17. The summed E-state index contributed by atoms with van der Waals surface area (Å²) < 4.78 is 0. The van der Waals surface area contributed by atoms with Gasteiger partial charge in [0.1, 0.15) is 12.1 Å². The first kappa shape index (κ1) is 18.0. The maximum atomic E-state index is 12.5. The van der Waals surface area contributed by atoms with Crippen molar-refractivity contribution in [2.24, 2.45) is 0 Å². The van der Waals surface area contributed by atoms with Crippen molar-refractivity contribution in [2.45, 2.75) is 44.3 Å². The van der Waals surface area contributed by atoms with Gasteiger partial charge in [0.15, 0.2) is 0 Å². The van der Waals surface area contributed by atoms with E-state index in [1.807, 2.05) is 6.92 Å². The van der Waals surface area contributed by atoms with Crippen LogP contribution >= 0.6 is 23.2 Å². The lowest BCUT2D eigenvalue weighted by atomic mass is 10.0. The van der Waals surface area contributed by atoms with E-state index in [1.165, 1.54) is 0 Å². The molecule has 1 aromatic rings. The highest BCUT2D eigenvalue weighted by Gasteiger charge is 2.46. The fraction of sp³-hybridized carbons (Fsp3) is 0.471. The number of piperazine rings is 1. The lowest BCUT2D eigenvalue weighted by Gasteiger charge is -2.34. The molecule has 2 aliphatic rings. The van der Waals surface area contributed by atoms with E-state index in [4.69, 9.17) is 23.2 Å². The molecule has 8 heteroatoms. The van der Waals surface area contributed by atoms with Crippen molar-refractivity contribution in [2.75, 3.05) is 6.54 Å². The first-order valence-corrected chi connectivity index (χ1v) is 9.03. The smallest absolute Gasteiger partial charge is 0.254 e. The van der Waals surface area contributed by atoms with Gasteiger partial charge in [0.2, 0.25) is 11.8 Å². The molecule has 0 unspecified atom stereocenters. The molecule has 2 fully saturated rings. The maximum absolute atomic E-state index is 12.5. The van der Waals surface area contributed by atoms with Crippen LogP contribution in [0.4, 0.5) is 0 Å². The van der Waals surface area contributed by atoms with Crippen molar-refractivity contribution < 1.29 is 14.4 Å². The average Bonchev–Trinajstić information content (AvgIpc) is 2.97.